The molecule has 1 amide bonds. The van der Waals surface area contributed by atoms with Gasteiger partial charge in [0.2, 0.25) is 5.91 Å². The third-order valence-electron chi connectivity index (χ3n) is 6.03. The minimum absolute atomic E-state index is 0.265. The molecule has 3 aromatic rings. The highest BCUT2D eigenvalue weighted by atomic mass is 16.2. The van der Waals surface area contributed by atoms with Crippen LogP contribution in [0.1, 0.15) is 43.1 Å². The van der Waals surface area contributed by atoms with Gasteiger partial charge in [-0.1, -0.05) is 36.4 Å². The molecular weight excluding hydrogens is 412 g/mol. The van der Waals surface area contributed by atoms with Crippen molar-refractivity contribution in [2.24, 2.45) is 4.99 Å². The first kappa shape index (κ1) is 22.8. The number of imidazole rings is 1. The van der Waals surface area contributed by atoms with Crippen molar-refractivity contribution in [3.05, 3.63) is 65.5 Å². The summed E-state index contributed by atoms with van der Waals surface area (Å²) in [5.41, 5.74) is 4.57. The van der Waals surface area contributed by atoms with Crippen molar-refractivity contribution in [1.82, 2.24) is 25.1 Å². The molecule has 7 heteroatoms. The van der Waals surface area contributed by atoms with E-state index in [-0.39, 0.29) is 5.91 Å². The molecule has 0 atom stereocenters. The maximum atomic E-state index is 11.8. The number of benzene rings is 2. The van der Waals surface area contributed by atoms with Gasteiger partial charge in [0.05, 0.1) is 17.6 Å². The van der Waals surface area contributed by atoms with E-state index in [1.165, 1.54) is 11.1 Å². The Hall–Kier alpha value is -3.35. The van der Waals surface area contributed by atoms with Crippen molar-refractivity contribution in [3.8, 4) is 0 Å². The minimum Gasteiger partial charge on any atom is -0.357 e. The van der Waals surface area contributed by atoms with Crippen LogP contribution in [0, 0.1) is 6.92 Å². The lowest BCUT2D eigenvalue weighted by Crippen LogP contribution is -2.38. The molecule has 2 aromatic carbocycles. The van der Waals surface area contributed by atoms with Crippen LogP contribution in [-0.4, -0.2) is 46.0 Å². The van der Waals surface area contributed by atoms with Crippen molar-refractivity contribution in [1.29, 1.82) is 0 Å². The van der Waals surface area contributed by atoms with E-state index >= 15 is 0 Å². The summed E-state index contributed by atoms with van der Waals surface area (Å²) < 4.78 is 2.28. The Kier molecular flexibility index (Phi) is 7.60. The number of aliphatic imine (C=N–C) groups is 1. The number of para-hydroxylation sites is 2. The number of carbonyl (C=O) groups is 1. The highest BCUT2D eigenvalue weighted by molar-refractivity contribution is 5.80. The maximum absolute atomic E-state index is 11.8. The number of likely N-dealkylation sites (tertiary alicyclic amines) is 1. The number of nitrogens with zero attached hydrogens (tertiary/aromatic N) is 4. The lowest BCUT2D eigenvalue weighted by molar-refractivity contribution is -0.128. The Morgan fingerprint density at radius 3 is 2.64 bits per heavy atom. The number of hydrogen-bond donors (Lipinski definition) is 2. The zero-order chi connectivity index (χ0) is 23.0. The van der Waals surface area contributed by atoms with Crippen LogP contribution in [0.25, 0.3) is 11.0 Å². The largest absolute Gasteiger partial charge is 0.357 e. The number of amides is 1. The molecule has 0 radical (unpaired) electrons. The van der Waals surface area contributed by atoms with Gasteiger partial charge in [0.1, 0.15) is 5.82 Å². The van der Waals surface area contributed by atoms with E-state index in [0.717, 1.165) is 61.9 Å². The number of aromatic nitrogens is 2. The topological polar surface area (TPSA) is 74.6 Å². The average Bonchev–Trinajstić information content (AvgIpc) is 3.37. The molecular formula is C26H34N6O. The fourth-order valence-corrected chi connectivity index (χ4v) is 4.28. The first-order valence-corrected chi connectivity index (χ1v) is 11.9. The van der Waals surface area contributed by atoms with Gasteiger partial charge in [-0.05, 0) is 49.9 Å². The first-order valence-electron chi connectivity index (χ1n) is 11.9. The summed E-state index contributed by atoms with van der Waals surface area (Å²) in [6.45, 7) is 8.90. The van der Waals surface area contributed by atoms with Gasteiger partial charge in [-0.3, -0.25) is 4.79 Å². The predicted octanol–water partition coefficient (Wildman–Crippen LogP) is 3.61. The molecule has 0 unspecified atom stereocenters. The summed E-state index contributed by atoms with van der Waals surface area (Å²) in [6.07, 6.45) is 2.64. The monoisotopic (exact) mass is 446 g/mol. The number of carbonyl (C=O) groups excluding carboxylic acids is 1. The van der Waals surface area contributed by atoms with E-state index in [0.29, 0.717) is 19.5 Å². The quantitative estimate of drug-likeness (QED) is 0.299. The number of hydrogen-bond acceptors (Lipinski definition) is 3. The molecule has 33 heavy (non-hydrogen) atoms. The molecule has 7 nitrogen and oxygen atoms in total. The van der Waals surface area contributed by atoms with Crippen molar-refractivity contribution < 1.29 is 4.79 Å². The molecule has 4 rings (SSSR count). The van der Waals surface area contributed by atoms with Crippen LogP contribution in [0.3, 0.4) is 0 Å². The van der Waals surface area contributed by atoms with Crippen LogP contribution < -0.4 is 10.6 Å². The Labute approximate surface area is 195 Å². The Morgan fingerprint density at radius 2 is 1.88 bits per heavy atom. The van der Waals surface area contributed by atoms with E-state index in [9.17, 15) is 4.79 Å². The zero-order valence-electron chi connectivity index (χ0n) is 19.7. The molecule has 0 saturated carbocycles. The van der Waals surface area contributed by atoms with E-state index in [2.05, 4.69) is 76.5 Å². The minimum atomic E-state index is 0.265. The van der Waals surface area contributed by atoms with Crippen molar-refractivity contribution in [2.45, 2.75) is 52.7 Å². The Balaban J connectivity index is 1.27. The number of guanidine groups is 1. The molecule has 2 heterocycles. The number of rotatable bonds is 9. The molecule has 2 N–H and O–H groups in total. The Morgan fingerprint density at radius 1 is 1.09 bits per heavy atom. The van der Waals surface area contributed by atoms with Crippen LogP contribution in [0.4, 0.5) is 0 Å². The summed E-state index contributed by atoms with van der Waals surface area (Å²) in [5, 5.41) is 6.77. The molecule has 0 aliphatic carbocycles. The smallest absolute Gasteiger partial charge is 0.222 e. The van der Waals surface area contributed by atoms with E-state index in [1.54, 1.807) is 0 Å². The van der Waals surface area contributed by atoms with Crippen molar-refractivity contribution >= 4 is 22.9 Å². The number of fused-ring (bicyclic) bond motifs is 1. The van der Waals surface area contributed by atoms with Gasteiger partial charge in [-0.2, -0.15) is 0 Å². The summed E-state index contributed by atoms with van der Waals surface area (Å²) in [5.74, 6) is 2.15. The van der Waals surface area contributed by atoms with E-state index in [1.807, 2.05) is 11.0 Å². The SMILES string of the molecule is CCNC(=NCc1ccc(CN2CCCC2=O)cc1)NCCCn1c(C)nc2ccccc21. The van der Waals surface area contributed by atoms with Gasteiger partial charge >= 0.3 is 0 Å². The van der Waals surface area contributed by atoms with Crippen LogP contribution in [0.15, 0.2) is 53.5 Å². The summed E-state index contributed by atoms with van der Waals surface area (Å²) in [6, 6.07) is 16.7. The molecule has 1 fully saturated rings. The van der Waals surface area contributed by atoms with Gasteiger partial charge in [0.25, 0.3) is 0 Å². The van der Waals surface area contributed by atoms with E-state index in [4.69, 9.17) is 4.99 Å². The van der Waals surface area contributed by atoms with Crippen LogP contribution in [0.5, 0.6) is 0 Å². The van der Waals surface area contributed by atoms with Crippen LogP contribution in [0.2, 0.25) is 0 Å². The fourth-order valence-electron chi connectivity index (χ4n) is 4.28. The lowest BCUT2D eigenvalue weighted by Gasteiger charge is -2.15. The second-order valence-corrected chi connectivity index (χ2v) is 8.51. The highest BCUT2D eigenvalue weighted by Gasteiger charge is 2.19. The van der Waals surface area contributed by atoms with E-state index < -0.39 is 0 Å². The van der Waals surface area contributed by atoms with Crippen LogP contribution >= 0.6 is 0 Å². The third kappa shape index (κ3) is 5.92. The maximum Gasteiger partial charge on any atom is 0.222 e. The number of aryl methyl sites for hydroxylation is 2. The lowest BCUT2D eigenvalue weighted by atomic mass is 10.1. The van der Waals surface area contributed by atoms with Gasteiger partial charge in [-0.25, -0.2) is 9.98 Å². The Bertz CT molecular complexity index is 1100. The van der Waals surface area contributed by atoms with Crippen molar-refractivity contribution in [2.75, 3.05) is 19.6 Å². The molecule has 1 aliphatic heterocycles. The standard InChI is InChI=1S/C26H34N6O/c1-3-27-26(28-15-7-17-32-20(2)30-23-8-4-5-9-24(23)32)29-18-21-11-13-22(14-12-21)19-31-16-6-10-25(31)33/h4-5,8-9,11-14H,3,6-7,10,15-19H2,1-2H3,(H2,27,28,29). The zero-order valence-corrected chi connectivity index (χ0v) is 19.7. The molecule has 1 aromatic heterocycles. The molecule has 174 valence electrons. The molecule has 0 spiro atoms. The fraction of sp³-hybridized carbons (Fsp3) is 0.423. The second kappa shape index (κ2) is 11.0. The predicted molar refractivity (Wildman–Crippen MR) is 133 cm³/mol. The number of nitrogens with one attached hydrogen (secondary N) is 2. The van der Waals surface area contributed by atoms with Gasteiger partial charge in [0, 0.05) is 39.1 Å². The summed E-state index contributed by atoms with van der Waals surface area (Å²) in [4.78, 5) is 23.1. The average molecular weight is 447 g/mol. The molecule has 1 aliphatic rings. The van der Waals surface area contributed by atoms with Gasteiger partial charge < -0.3 is 20.1 Å². The first-order chi connectivity index (χ1) is 16.1. The second-order valence-electron chi connectivity index (χ2n) is 8.51. The van der Waals surface area contributed by atoms with Gasteiger partial charge in [0.15, 0.2) is 5.96 Å². The summed E-state index contributed by atoms with van der Waals surface area (Å²) in [7, 11) is 0. The summed E-state index contributed by atoms with van der Waals surface area (Å²) >= 11 is 0. The van der Waals surface area contributed by atoms with Crippen LogP contribution in [-0.2, 0) is 24.4 Å². The normalized spacial score (nSPS) is 14.3. The highest BCUT2D eigenvalue weighted by Crippen LogP contribution is 2.16. The van der Waals surface area contributed by atoms with Gasteiger partial charge in [-0.15, -0.1) is 0 Å². The van der Waals surface area contributed by atoms with Crippen molar-refractivity contribution in [3.63, 3.8) is 0 Å². The third-order valence-corrected chi connectivity index (χ3v) is 6.03. The molecule has 0 bridgehead atoms. The molecule has 1 saturated heterocycles.